The van der Waals surface area contributed by atoms with Gasteiger partial charge in [-0.25, -0.2) is 13.8 Å². The van der Waals surface area contributed by atoms with E-state index in [0.717, 1.165) is 9.87 Å². The van der Waals surface area contributed by atoms with Gasteiger partial charge in [-0.2, -0.15) is 5.10 Å². The van der Waals surface area contributed by atoms with Crippen molar-refractivity contribution in [1.29, 1.82) is 0 Å². The van der Waals surface area contributed by atoms with E-state index < -0.39 is 22.5 Å². The Balaban J connectivity index is 1.46. The molecule has 0 unspecified atom stereocenters. The highest BCUT2D eigenvalue weighted by molar-refractivity contribution is 7.92. The summed E-state index contributed by atoms with van der Waals surface area (Å²) in [5, 5.41) is 4.00. The van der Waals surface area contributed by atoms with Gasteiger partial charge >= 0.3 is 0 Å². The number of hydrazone groups is 1. The molecule has 1 N–H and O–H groups in total. The lowest BCUT2D eigenvalue weighted by Crippen LogP contribution is -2.39. The van der Waals surface area contributed by atoms with Crippen LogP contribution in [0, 0.1) is 0 Å². The van der Waals surface area contributed by atoms with Gasteiger partial charge in [0.05, 0.1) is 38.1 Å². The normalized spacial score (nSPS) is 11.1. The van der Waals surface area contributed by atoms with Crippen molar-refractivity contribution in [2.45, 2.75) is 11.5 Å². The maximum atomic E-state index is 13.7. The number of benzene rings is 4. The third kappa shape index (κ3) is 7.58. The Hall–Kier alpha value is -5.03. The number of amides is 1. The number of rotatable bonds is 13. The highest BCUT2D eigenvalue weighted by Crippen LogP contribution is 2.32. The van der Waals surface area contributed by atoms with Crippen molar-refractivity contribution in [2.75, 3.05) is 32.2 Å². The number of carbonyl (C=O) groups excluding carboxylic acids is 1. The second-order valence-corrected chi connectivity index (χ2v) is 10.7. The topological polar surface area (TPSA) is 116 Å². The molecule has 0 bridgehead atoms. The van der Waals surface area contributed by atoms with Crippen LogP contribution in [0.4, 0.5) is 5.69 Å². The van der Waals surface area contributed by atoms with Gasteiger partial charge in [0.25, 0.3) is 15.9 Å². The fourth-order valence-corrected chi connectivity index (χ4v) is 5.34. The molecule has 11 heteroatoms. The first kappa shape index (κ1) is 29.9. The van der Waals surface area contributed by atoms with E-state index in [0.29, 0.717) is 29.4 Å². The van der Waals surface area contributed by atoms with Crippen molar-refractivity contribution in [3.63, 3.8) is 0 Å². The van der Waals surface area contributed by atoms with Crippen molar-refractivity contribution in [3.8, 4) is 23.0 Å². The number of hydrogen-bond acceptors (Lipinski definition) is 8. The lowest BCUT2D eigenvalue weighted by molar-refractivity contribution is -0.119. The summed E-state index contributed by atoms with van der Waals surface area (Å²) in [6, 6.07) is 27.5. The van der Waals surface area contributed by atoms with Crippen molar-refractivity contribution in [3.05, 3.63) is 108 Å². The van der Waals surface area contributed by atoms with E-state index >= 15 is 0 Å². The molecule has 1 amide bonds. The van der Waals surface area contributed by atoms with Gasteiger partial charge in [0.15, 0.2) is 11.5 Å². The molecule has 0 aliphatic rings. The molecule has 10 nitrogen and oxygen atoms in total. The molecule has 0 aliphatic carbocycles. The minimum Gasteiger partial charge on any atom is -0.497 e. The number of sulfonamides is 1. The van der Waals surface area contributed by atoms with Crippen LogP contribution in [0.25, 0.3) is 0 Å². The minimum atomic E-state index is -4.20. The van der Waals surface area contributed by atoms with Gasteiger partial charge < -0.3 is 18.9 Å². The largest absolute Gasteiger partial charge is 0.497 e. The van der Waals surface area contributed by atoms with E-state index in [-0.39, 0.29) is 16.3 Å². The van der Waals surface area contributed by atoms with Crippen LogP contribution in [-0.2, 0) is 21.4 Å². The first-order valence-electron chi connectivity index (χ1n) is 12.8. The molecule has 0 aromatic heterocycles. The average Bonchev–Trinajstić information content (AvgIpc) is 3.03. The number of nitrogens with zero attached hydrogens (tertiary/aromatic N) is 2. The summed E-state index contributed by atoms with van der Waals surface area (Å²) in [5.74, 6) is 1.19. The molecule has 42 heavy (non-hydrogen) atoms. The van der Waals surface area contributed by atoms with Crippen LogP contribution in [0.1, 0.15) is 11.1 Å². The van der Waals surface area contributed by atoms with Crippen molar-refractivity contribution < 1.29 is 32.2 Å². The van der Waals surface area contributed by atoms with Crippen LogP contribution < -0.4 is 28.7 Å². The Morgan fingerprint density at radius 3 is 2.12 bits per heavy atom. The maximum Gasteiger partial charge on any atom is 0.264 e. The molecule has 4 rings (SSSR count). The third-order valence-corrected chi connectivity index (χ3v) is 7.89. The van der Waals surface area contributed by atoms with Gasteiger partial charge in [0.2, 0.25) is 0 Å². The Kier molecular flexibility index (Phi) is 10.0. The Morgan fingerprint density at radius 2 is 1.48 bits per heavy atom. The molecule has 4 aromatic rings. The first-order valence-corrected chi connectivity index (χ1v) is 14.3. The summed E-state index contributed by atoms with van der Waals surface area (Å²) in [6.07, 6.45) is 1.46. The molecule has 218 valence electrons. The predicted octanol–water partition coefficient (Wildman–Crippen LogP) is 4.64. The second-order valence-electron chi connectivity index (χ2n) is 8.86. The molecule has 0 aliphatic heterocycles. The predicted molar refractivity (Wildman–Crippen MR) is 160 cm³/mol. The summed E-state index contributed by atoms with van der Waals surface area (Å²) >= 11 is 0. The molecule has 0 heterocycles. The summed E-state index contributed by atoms with van der Waals surface area (Å²) in [4.78, 5) is 12.8. The van der Waals surface area contributed by atoms with Crippen LogP contribution >= 0.6 is 0 Å². The van der Waals surface area contributed by atoms with Crippen LogP contribution in [-0.4, -0.2) is 48.4 Å². The van der Waals surface area contributed by atoms with Gasteiger partial charge in [-0.05, 0) is 71.8 Å². The smallest absolute Gasteiger partial charge is 0.264 e. The SMILES string of the molecule is COc1ccc(N(CC(=O)N/N=C\c2ccc(OCc3ccccc3)cc2)S(=O)(=O)c2ccc(OC)c(OC)c2)cc1. The molecular weight excluding hydrogens is 558 g/mol. The number of hydrogen-bond donors (Lipinski definition) is 1. The number of methoxy groups -OCH3 is 3. The van der Waals surface area contributed by atoms with Gasteiger partial charge in [-0.1, -0.05) is 30.3 Å². The monoisotopic (exact) mass is 589 g/mol. The van der Waals surface area contributed by atoms with Gasteiger partial charge in [-0.3, -0.25) is 9.10 Å². The first-order chi connectivity index (χ1) is 20.3. The number of anilines is 1. The highest BCUT2D eigenvalue weighted by Gasteiger charge is 2.28. The third-order valence-electron chi connectivity index (χ3n) is 6.12. The molecule has 0 atom stereocenters. The second kappa shape index (κ2) is 14.0. The van der Waals surface area contributed by atoms with Crippen LogP contribution in [0.3, 0.4) is 0 Å². The van der Waals surface area contributed by atoms with Crippen molar-refractivity contribution >= 4 is 27.8 Å². The summed E-state index contributed by atoms with van der Waals surface area (Å²) in [6.45, 7) is -0.0894. The summed E-state index contributed by atoms with van der Waals surface area (Å²) in [5.41, 5.74) is 4.44. The lowest BCUT2D eigenvalue weighted by atomic mass is 10.2. The average molecular weight is 590 g/mol. The molecular formula is C31H31N3O7S. The van der Waals surface area contributed by atoms with Crippen molar-refractivity contribution in [1.82, 2.24) is 5.43 Å². The van der Waals surface area contributed by atoms with Crippen molar-refractivity contribution in [2.24, 2.45) is 5.10 Å². The molecule has 0 fully saturated rings. The maximum absolute atomic E-state index is 13.7. The molecule has 0 saturated carbocycles. The van der Waals surface area contributed by atoms with E-state index in [9.17, 15) is 13.2 Å². The standard InChI is InChI=1S/C31H31N3O7S/c1-38-26-15-11-25(12-16-26)34(42(36,37)28-17-18-29(39-2)30(19-28)40-3)21-31(35)33-32-20-23-9-13-27(14-10-23)41-22-24-7-5-4-6-8-24/h4-20H,21-22H2,1-3H3,(H,33,35)/b32-20-. The van der Waals surface area contributed by atoms with E-state index in [1.54, 1.807) is 48.5 Å². The minimum absolute atomic E-state index is 0.0816. The Labute approximate surface area is 245 Å². The highest BCUT2D eigenvalue weighted by atomic mass is 32.2. The van der Waals surface area contributed by atoms with E-state index in [1.807, 2.05) is 30.3 Å². The molecule has 0 spiro atoms. The van der Waals surface area contributed by atoms with Crippen LogP contribution in [0.15, 0.2) is 107 Å². The Bertz CT molecular complexity index is 1610. The zero-order valence-electron chi connectivity index (χ0n) is 23.4. The zero-order valence-corrected chi connectivity index (χ0v) is 24.2. The number of ether oxygens (including phenoxy) is 4. The fraction of sp³-hybridized carbons (Fsp3) is 0.161. The zero-order chi connectivity index (χ0) is 30.0. The Morgan fingerprint density at radius 1 is 0.810 bits per heavy atom. The quantitative estimate of drug-likeness (QED) is 0.179. The number of nitrogens with one attached hydrogen (secondary N) is 1. The van der Waals surface area contributed by atoms with Gasteiger partial charge in [0.1, 0.15) is 24.7 Å². The molecule has 4 aromatic carbocycles. The fourth-order valence-electron chi connectivity index (χ4n) is 3.90. The molecule has 0 saturated heterocycles. The van der Waals surface area contributed by atoms with Crippen LogP contribution in [0.2, 0.25) is 0 Å². The van der Waals surface area contributed by atoms with E-state index in [2.05, 4.69) is 10.5 Å². The molecule has 0 radical (unpaired) electrons. The van der Waals surface area contributed by atoms with Crippen LogP contribution in [0.5, 0.6) is 23.0 Å². The van der Waals surface area contributed by atoms with E-state index in [1.165, 1.54) is 45.7 Å². The number of carbonyl (C=O) groups is 1. The van der Waals surface area contributed by atoms with E-state index in [4.69, 9.17) is 18.9 Å². The summed E-state index contributed by atoms with van der Waals surface area (Å²) < 4.78 is 49.9. The van der Waals surface area contributed by atoms with Gasteiger partial charge in [-0.15, -0.1) is 0 Å². The lowest BCUT2D eigenvalue weighted by Gasteiger charge is -2.24. The summed E-state index contributed by atoms with van der Waals surface area (Å²) in [7, 11) is 0.162. The van der Waals surface area contributed by atoms with Gasteiger partial charge in [0, 0.05) is 6.07 Å².